The van der Waals surface area contributed by atoms with Gasteiger partial charge in [0.1, 0.15) is 11.9 Å². The van der Waals surface area contributed by atoms with E-state index < -0.39 is 11.9 Å². The minimum absolute atomic E-state index is 0.202. The van der Waals surface area contributed by atoms with Gasteiger partial charge in [-0.05, 0) is 75.5 Å². The first-order valence-electron chi connectivity index (χ1n) is 11.2. The molecule has 4 aliphatic rings. The van der Waals surface area contributed by atoms with Crippen LogP contribution in [0.25, 0.3) is 0 Å². The van der Waals surface area contributed by atoms with Crippen LogP contribution in [-0.4, -0.2) is 41.8 Å². The van der Waals surface area contributed by atoms with Crippen LogP contribution in [0.1, 0.15) is 45.4 Å². The minimum atomic E-state index is -0.903. The number of carbonyl (C=O) groups is 3. The number of likely N-dealkylation sites (tertiary alicyclic amines) is 1. The van der Waals surface area contributed by atoms with Crippen molar-refractivity contribution in [2.24, 2.45) is 23.7 Å². The summed E-state index contributed by atoms with van der Waals surface area (Å²) < 4.78 is 14.6. The molecule has 6 nitrogen and oxygen atoms in total. The quantitative estimate of drug-likeness (QED) is 0.770. The number of nitrogens with zero attached hydrogens (tertiary/aromatic N) is 2. The van der Waals surface area contributed by atoms with Gasteiger partial charge >= 0.3 is 0 Å². The molecule has 0 aromatic heterocycles. The Bertz CT molecular complexity index is 870. The van der Waals surface area contributed by atoms with Crippen LogP contribution in [-0.2, 0) is 14.4 Å². The van der Waals surface area contributed by atoms with E-state index in [1.54, 1.807) is 19.1 Å². The average Bonchev–Trinajstić information content (AvgIpc) is 3.42. The summed E-state index contributed by atoms with van der Waals surface area (Å²) >= 11 is 0. The van der Waals surface area contributed by atoms with Crippen molar-refractivity contribution in [3.8, 4) is 0 Å². The number of benzene rings is 1. The van der Waals surface area contributed by atoms with Gasteiger partial charge in [0.25, 0.3) is 0 Å². The molecule has 30 heavy (non-hydrogen) atoms. The third-order valence-corrected chi connectivity index (χ3v) is 7.64. The normalized spacial score (nSPS) is 31.3. The Kier molecular flexibility index (Phi) is 4.79. The van der Waals surface area contributed by atoms with Crippen LogP contribution in [0.3, 0.4) is 0 Å². The molecule has 5 rings (SSSR count). The molecule has 0 radical (unpaired) electrons. The Morgan fingerprint density at radius 3 is 2.30 bits per heavy atom. The predicted molar refractivity (Wildman–Crippen MR) is 110 cm³/mol. The van der Waals surface area contributed by atoms with Gasteiger partial charge in [-0.15, -0.1) is 0 Å². The molecule has 2 aliphatic heterocycles. The molecule has 0 spiro atoms. The van der Waals surface area contributed by atoms with Gasteiger partial charge in [-0.2, -0.15) is 0 Å². The summed E-state index contributed by atoms with van der Waals surface area (Å²) in [6.07, 6.45) is 6.24. The molecule has 2 bridgehead atoms. The number of hydrogen-bond donors (Lipinski definition) is 1. The lowest BCUT2D eigenvalue weighted by atomic mass is 9.81. The highest BCUT2D eigenvalue weighted by Crippen LogP contribution is 2.56. The maximum Gasteiger partial charge on any atom is 0.247 e. The third-order valence-electron chi connectivity index (χ3n) is 7.64. The number of anilines is 2. The van der Waals surface area contributed by atoms with Gasteiger partial charge in [-0.3, -0.25) is 19.3 Å². The second-order valence-corrected chi connectivity index (χ2v) is 9.31. The number of nitrogens with one attached hydrogen (secondary N) is 1. The fourth-order valence-electron chi connectivity index (χ4n) is 6.15. The lowest BCUT2D eigenvalue weighted by Gasteiger charge is -2.29. The van der Waals surface area contributed by atoms with Gasteiger partial charge in [0.15, 0.2) is 0 Å². The standard InChI is InChI=1S/C23H28FN3O3/c1-13(27-22(29)19-14-5-6-15(11-14)20(19)23(27)30)21(28)25-16-7-8-18(17(24)12-16)26-9-3-2-4-10-26/h7-8,12-15,19-20H,2-6,9-11H2,1H3,(H,25,28)/t13-,14-,15-,19-,20+/m0/s1. The number of fused-ring (bicyclic) bond motifs is 5. The van der Waals surface area contributed by atoms with Crippen molar-refractivity contribution >= 4 is 29.1 Å². The summed E-state index contributed by atoms with van der Waals surface area (Å²) in [6.45, 7) is 3.25. The molecule has 2 heterocycles. The molecule has 4 fully saturated rings. The Morgan fingerprint density at radius 1 is 1.07 bits per heavy atom. The Labute approximate surface area is 175 Å². The lowest BCUT2D eigenvalue weighted by Crippen LogP contribution is -2.46. The van der Waals surface area contributed by atoms with E-state index in [0.29, 0.717) is 11.4 Å². The molecule has 1 N–H and O–H groups in total. The molecule has 2 aliphatic carbocycles. The second kappa shape index (κ2) is 7.36. The molecule has 3 amide bonds. The first-order chi connectivity index (χ1) is 14.5. The first kappa shape index (κ1) is 19.5. The maximum atomic E-state index is 14.6. The van der Waals surface area contributed by atoms with Gasteiger partial charge < -0.3 is 10.2 Å². The fourth-order valence-corrected chi connectivity index (χ4v) is 6.15. The van der Waals surface area contributed by atoms with Crippen molar-refractivity contribution in [3.63, 3.8) is 0 Å². The smallest absolute Gasteiger partial charge is 0.247 e. The van der Waals surface area contributed by atoms with E-state index in [4.69, 9.17) is 0 Å². The van der Waals surface area contributed by atoms with Gasteiger partial charge in [-0.1, -0.05) is 0 Å². The molecular weight excluding hydrogens is 385 g/mol. The number of imide groups is 1. The van der Waals surface area contributed by atoms with Crippen LogP contribution in [0.4, 0.5) is 15.8 Å². The highest BCUT2D eigenvalue weighted by Gasteiger charge is 2.62. The number of piperidine rings is 1. The van der Waals surface area contributed by atoms with Gasteiger partial charge in [0.05, 0.1) is 17.5 Å². The van der Waals surface area contributed by atoms with E-state index >= 15 is 0 Å². The Balaban J connectivity index is 1.28. The summed E-state index contributed by atoms with van der Waals surface area (Å²) in [6, 6.07) is 3.78. The molecule has 5 atom stereocenters. The highest BCUT2D eigenvalue weighted by atomic mass is 19.1. The van der Waals surface area contributed by atoms with E-state index in [0.717, 1.165) is 50.1 Å². The molecule has 2 saturated heterocycles. The summed E-state index contributed by atoms with van der Waals surface area (Å²) in [5.74, 6) is -1.16. The van der Waals surface area contributed by atoms with E-state index in [-0.39, 0.29) is 41.3 Å². The molecule has 1 aromatic rings. The third kappa shape index (κ3) is 3.01. The van der Waals surface area contributed by atoms with Crippen molar-refractivity contribution in [2.45, 2.75) is 51.5 Å². The van der Waals surface area contributed by atoms with Crippen molar-refractivity contribution in [3.05, 3.63) is 24.0 Å². The molecular formula is C23H28FN3O3. The summed E-state index contributed by atoms with van der Waals surface area (Å²) in [4.78, 5) is 41.8. The molecule has 7 heteroatoms. The van der Waals surface area contributed by atoms with Crippen LogP contribution in [0.15, 0.2) is 18.2 Å². The van der Waals surface area contributed by atoms with Crippen molar-refractivity contribution in [1.82, 2.24) is 4.90 Å². The van der Waals surface area contributed by atoms with Gasteiger partial charge in [0, 0.05) is 18.8 Å². The summed E-state index contributed by atoms with van der Waals surface area (Å²) in [7, 11) is 0. The number of halogens is 1. The minimum Gasteiger partial charge on any atom is -0.369 e. The van der Waals surface area contributed by atoms with Crippen LogP contribution >= 0.6 is 0 Å². The zero-order valence-corrected chi connectivity index (χ0v) is 17.3. The Hall–Kier alpha value is -2.44. The van der Waals surface area contributed by atoms with E-state index in [1.807, 2.05) is 4.90 Å². The molecule has 160 valence electrons. The monoisotopic (exact) mass is 413 g/mol. The predicted octanol–water partition coefficient (Wildman–Crippen LogP) is 3.17. The second-order valence-electron chi connectivity index (χ2n) is 9.31. The van der Waals surface area contributed by atoms with Crippen LogP contribution in [0.2, 0.25) is 0 Å². The van der Waals surface area contributed by atoms with Crippen LogP contribution < -0.4 is 10.2 Å². The molecule has 0 unspecified atom stereocenters. The van der Waals surface area contributed by atoms with Crippen LogP contribution in [0, 0.1) is 29.5 Å². The first-order valence-corrected chi connectivity index (χ1v) is 11.2. The Morgan fingerprint density at radius 2 is 1.70 bits per heavy atom. The van der Waals surface area contributed by atoms with Crippen molar-refractivity contribution < 1.29 is 18.8 Å². The molecule has 2 saturated carbocycles. The van der Waals surface area contributed by atoms with Crippen molar-refractivity contribution in [2.75, 3.05) is 23.3 Å². The van der Waals surface area contributed by atoms with E-state index in [1.165, 1.54) is 12.5 Å². The highest BCUT2D eigenvalue weighted by molar-refractivity contribution is 6.10. The number of rotatable bonds is 4. The topological polar surface area (TPSA) is 69.7 Å². The van der Waals surface area contributed by atoms with Gasteiger partial charge in [-0.25, -0.2) is 4.39 Å². The van der Waals surface area contributed by atoms with Crippen molar-refractivity contribution in [1.29, 1.82) is 0 Å². The van der Waals surface area contributed by atoms with E-state index in [9.17, 15) is 18.8 Å². The number of carbonyl (C=O) groups excluding carboxylic acids is 3. The van der Waals surface area contributed by atoms with Gasteiger partial charge in [0.2, 0.25) is 17.7 Å². The maximum absolute atomic E-state index is 14.6. The van der Waals surface area contributed by atoms with Crippen LogP contribution in [0.5, 0.6) is 0 Å². The number of hydrogen-bond acceptors (Lipinski definition) is 4. The largest absolute Gasteiger partial charge is 0.369 e. The fraction of sp³-hybridized carbons (Fsp3) is 0.609. The zero-order chi connectivity index (χ0) is 21.0. The number of amides is 3. The summed E-state index contributed by atoms with van der Waals surface area (Å²) in [5, 5.41) is 2.69. The lowest BCUT2D eigenvalue weighted by molar-refractivity contribution is -0.146. The molecule has 1 aromatic carbocycles. The zero-order valence-electron chi connectivity index (χ0n) is 17.3. The summed E-state index contributed by atoms with van der Waals surface area (Å²) in [5.41, 5.74) is 0.887. The van der Waals surface area contributed by atoms with E-state index in [2.05, 4.69) is 5.32 Å². The SMILES string of the molecule is C[C@@H](C(=O)Nc1ccc(N2CCCCC2)c(F)c1)N1C(=O)[C@@H]2[C@H]3CC[C@@H](C3)[C@@H]2C1=O. The average molecular weight is 413 g/mol.